The van der Waals surface area contributed by atoms with Crippen LogP contribution in [0.3, 0.4) is 0 Å². The van der Waals surface area contributed by atoms with Gasteiger partial charge >= 0.3 is 0 Å². The predicted molar refractivity (Wildman–Crippen MR) is 47.1 cm³/mol. The Morgan fingerprint density at radius 2 is 2.45 bits per heavy atom. The molecule has 11 heavy (non-hydrogen) atoms. The van der Waals surface area contributed by atoms with Gasteiger partial charge in [-0.05, 0) is 13.0 Å². The molecule has 0 aromatic rings. The molecule has 0 bridgehead atoms. The first kappa shape index (κ1) is 10.2. The van der Waals surface area contributed by atoms with E-state index >= 15 is 0 Å². The van der Waals surface area contributed by atoms with Crippen molar-refractivity contribution in [1.82, 2.24) is 5.32 Å². The van der Waals surface area contributed by atoms with Crippen molar-refractivity contribution < 1.29 is 0 Å². The fourth-order valence-corrected chi connectivity index (χ4v) is 0.801. The van der Waals surface area contributed by atoms with Crippen LogP contribution >= 0.6 is 0 Å². The number of unbranched alkanes of at least 4 members (excludes halogenated alkanes) is 1. The van der Waals surface area contributed by atoms with E-state index in [0.29, 0.717) is 6.42 Å². The Kier molecular flexibility index (Phi) is 6.76. The van der Waals surface area contributed by atoms with Gasteiger partial charge in [-0.25, -0.2) is 0 Å². The molecule has 0 aliphatic carbocycles. The second-order valence-electron chi connectivity index (χ2n) is 2.51. The topological polar surface area (TPSA) is 35.8 Å². The molecule has 0 radical (unpaired) electrons. The molecule has 0 fully saturated rings. The summed E-state index contributed by atoms with van der Waals surface area (Å²) in [6.45, 7) is 6.77. The van der Waals surface area contributed by atoms with Crippen LogP contribution in [0.15, 0.2) is 12.7 Å². The smallest absolute Gasteiger partial charge is 0.0641 e. The van der Waals surface area contributed by atoms with Gasteiger partial charge in [0, 0.05) is 6.04 Å². The molecule has 0 spiro atoms. The highest BCUT2D eigenvalue weighted by Gasteiger charge is 1.99. The molecule has 1 N–H and O–H groups in total. The lowest BCUT2D eigenvalue weighted by atomic mass is 10.2. The largest absolute Gasteiger partial charge is 0.310 e. The summed E-state index contributed by atoms with van der Waals surface area (Å²) < 4.78 is 0. The SMILES string of the molecule is C=CC(CC#N)NCCCC. The maximum absolute atomic E-state index is 8.39. The number of hydrogen-bond donors (Lipinski definition) is 1. The zero-order valence-electron chi connectivity index (χ0n) is 7.14. The zero-order valence-corrected chi connectivity index (χ0v) is 7.14. The molecule has 2 heteroatoms. The number of nitrogens with zero attached hydrogens (tertiary/aromatic N) is 1. The van der Waals surface area contributed by atoms with E-state index in [-0.39, 0.29) is 6.04 Å². The number of rotatable bonds is 6. The van der Waals surface area contributed by atoms with Crippen LogP contribution in [-0.4, -0.2) is 12.6 Å². The van der Waals surface area contributed by atoms with Crippen LogP contribution in [-0.2, 0) is 0 Å². The van der Waals surface area contributed by atoms with Gasteiger partial charge in [-0.2, -0.15) is 5.26 Å². The minimum atomic E-state index is 0.173. The van der Waals surface area contributed by atoms with E-state index in [0.717, 1.165) is 13.0 Å². The number of nitrogens with one attached hydrogen (secondary N) is 1. The van der Waals surface area contributed by atoms with Gasteiger partial charge in [-0.15, -0.1) is 6.58 Å². The van der Waals surface area contributed by atoms with E-state index in [1.54, 1.807) is 6.08 Å². The Balaban J connectivity index is 3.37. The van der Waals surface area contributed by atoms with Crippen molar-refractivity contribution in [2.75, 3.05) is 6.54 Å². The van der Waals surface area contributed by atoms with Gasteiger partial charge in [0.25, 0.3) is 0 Å². The monoisotopic (exact) mass is 152 g/mol. The number of nitriles is 1. The lowest BCUT2D eigenvalue weighted by Gasteiger charge is -2.09. The molecule has 0 aromatic carbocycles. The quantitative estimate of drug-likeness (QED) is 0.465. The summed E-state index contributed by atoms with van der Waals surface area (Å²) in [4.78, 5) is 0. The summed E-state index contributed by atoms with van der Waals surface area (Å²) >= 11 is 0. The Morgan fingerprint density at radius 1 is 1.73 bits per heavy atom. The second kappa shape index (κ2) is 7.30. The van der Waals surface area contributed by atoms with Gasteiger partial charge in [-0.3, -0.25) is 0 Å². The Bertz CT molecular complexity index is 135. The number of hydrogen-bond acceptors (Lipinski definition) is 2. The van der Waals surface area contributed by atoms with Crippen molar-refractivity contribution in [3.63, 3.8) is 0 Å². The third kappa shape index (κ3) is 5.63. The molecule has 0 aliphatic rings. The van der Waals surface area contributed by atoms with Crippen molar-refractivity contribution in [2.45, 2.75) is 32.2 Å². The van der Waals surface area contributed by atoms with E-state index in [1.807, 2.05) is 0 Å². The average Bonchev–Trinajstić information content (AvgIpc) is 2.03. The summed E-state index contributed by atoms with van der Waals surface area (Å²) in [6, 6.07) is 2.28. The highest BCUT2D eigenvalue weighted by molar-refractivity contribution is 4.92. The van der Waals surface area contributed by atoms with Gasteiger partial charge in [-0.1, -0.05) is 19.4 Å². The summed E-state index contributed by atoms with van der Waals surface area (Å²) in [7, 11) is 0. The molecular formula is C9H16N2. The highest BCUT2D eigenvalue weighted by Crippen LogP contribution is 1.92. The van der Waals surface area contributed by atoms with Crippen LogP contribution in [0.2, 0.25) is 0 Å². The highest BCUT2D eigenvalue weighted by atomic mass is 14.9. The van der Waals surface area contributed by atoms with Gasteiger partial charge in [0.05, 0.1) is 12.5 Å². The van der Waals surface area contributed by atoms with E-state index in [1.165, 1.54) is 6.42 Å². The molecule has 0 saturated heterocycles. The summed E-state index contributed by atoms with van der Waals surface area (Å²) in [5, 5.41) is 11.6. The van der Waals surface area contributed by atoms with Crippen LogP contribution in [0.5, 0.6) is 0 Å². The fraction of sp³-hybridized carbons (Fsp3) is 0.667. The first-order chi connectivity index (χ1) is 5.35. The summed E-state index contributed by atoms with van der Waals surface area (Å²) in [6.07, 6.45) is 4.66. The van der Waals surface area contributed by atoms with Crippen LogP contribution in [0.25, 0.3) is 0 Å². The van der Waals surface area contributed by atoms with Crippen LogP contribution < -0.4 is 5.32 Å². The van der Waals surface area contributed by atoms with E-state index in [2.05, 4.69) is 24.9 Å². The Hall–Kier alpha value is -0.810. The molecule has 0 aromatic heterocycles. The maximum Gasteiger partial charge on any atom is 0.0641 e. The Labute approximate surface area is 68.9 Å². The van der Waals surface area contributed by atoms with Gasteiger partial charge in [0.1, 0.15) is 0 Å². The maximum atomic E-state index is 8.39. The normalized spacial score (nSPS) is 12.0. The predicted octanol–water partition coefficient (Wildman–Crippen LogP) is 1.84. The molecule has 0 heterocycles. The van der Waals surface area contributed by atoms with Gasteiger partial charge < -0.3 is 5.32 Å². The molecule has 0 saturated carbocycles. The second-order valence-corrected chi connectivity index (χ2v) is 2.51. The van der Waals surface area contributed by atoms with Crippen molar-refractivity contribution in [2.24, 2.45) is 0 Å². The molecule has 62 valence electrons. The van der Waals surface area contributed by atoms with E-state index < -0.39 is 0 Å². The molecule has 0 amide bonds. The summed E-state index contributed by atoms with van der Waals surface area (Å²) in [5.74, 6) is 0. The van der Waals surface area contributed by atoms with Crippen molar-refractivity contribution >= 4 is 0 Å². The van der Waals surface area contributed by atoms with Crippen molar-refractivity contribution in [3.05, 3.63) is 12.7 Å². The third-order valence-electron chi connectivity index (χ3n) is 1.53. The molecule has 1 atom stereocenters. The molecule has 1 unspecified atom stereocenters. The minimum absolute atomic E-state index is 0.173. The van der Waals surface area contributed by atoms with Crippen LogP contribution in [0.4, 0.5) is 0 Å². The van der Waals surface area contributed by atoms with Gasteiger partial charge in [0.2, 0.25) is 0 Å². The third-order valence-corrected chi connectivity index (χ3v) is 1.53. The lowest BCUT2D eigenvalue weighted by Crippen LogP contribution is -2.27. The first-order valence-electron chi connectivity index (χ1n) is 4.08. The fourth-order valence-electron chi connectivity index (χ4n) is 0.801. The van der Waals surface area contributed by atoms with E-state index in [9.17, 15) is 0 Å². The summed E-state index contributed by atoms with van der Waals surface area (Å²) in [5.41, 5.74) is 0. The van der Waals surface area contributed by atoms with Gasteiger partial charge in [0.15, 0.2) is 0 Å². The van der Waals surface area contributed by atoms with Crippen molar-refractivity contribution in [3.8, 4) is 6.07 Å². The zero-order chi connectivity index (χ0) is 8.53. The average molecular weight is 152 g/mol. The van der Waals surface area contributed by atoms with Crippen LogP contribution in [0, 0.1) is 11.3 Å². The minimum Gasteiger partial charge on any atom is -0.310 e. The van der Waals surface area contributed by atoms with Crippen molar-refractivity contribution in [1.29, 1.82) is 5.26 Å². The molecule has 2 nitrogen and oxygen atoms in total. The molecule has 0 aliphatic heterocycles. The standard InChI is InChI=1S/C9H16N2/c1-3-5-8-11-9(4-2)6-7-10/h4,9,11H,2-3,5-6,8H2,1H3. The first-order valence-corrected chi connectivity index (χ1v) is 4.08. The molecular weight excluding hydrogens is 136 g/mol. The lowest BCUT2D eigenvalue weighted by molar-refractivity contribution is 0.578. The molecule has 0 rings (SSSR count). The Morgan fingerprint density at radius 3 is 2.91 bits per heavy atom. The van der Waals surface area contributed by atoms with E-state index in [4.69, 9.17) is 5.26 Å². The van der Waals surface area contributed by atoms with Crippen LogP contribution in [0.1, 0.15) is 26.2 Å².